The zero-order valence-corrected chi connectivity index (χ0v) is 11.6. The van der Waals surface area contributed by atoms with Crippen LogP contribution in [0.4, 0.5) is 8.78 Å². The first-order chi connectivity index (χ1) is 10.0. The Bertz CT molecular complexity index is 671. The van der Waals surface area contributed by atoms with Gasteiger partial charge in [-0.05, 0) is 30.7 Å². The highest BCUT2D eigenvalue weighted by molar-refractivity contribution is 5.94. The summed E-state index contributed by atoms with van der Waals surface area (Å²) in [6.45, 7) is 2.00. The summed E-state index contributed by atoms with van der Waals surface area (Å²) in [4.78, 5) is 11.9. The standard InChI is InChI=1S/C16H16F2N2O/c1-10-2-5-14(17)13(6-10)16(21)20-9-12-4-3-11(8-19)7-15(12)18/h2-7H,8-9,19H2,1H3,(H,20,21). The quantitative estimate of drug-likeness (QED) is 0.909. The van der Waals surface area contributed by atoms with Crippen LogP contribution in [0.3, 0.4) is 0 Å². The van der Waals surface area contributed by atoms with Gasteiger partial charge in [0.15, 0.2) is 0 Å². The van der Waals surface area contributed by atoms with Crippen LogP contribution in [0, 0.1) is 18.6 Å². The fourth-order valence-electron chi connectivity index (χ4n) is 1.95. The minimum absolute atomic E-state index is 0.0110. The molecule has 0 aliphatic heterocycles. The molecule has 2 rings (SSSR count). The summed E-state index contributed by atoms with van der Waals surface area (Å²) in [7, 11) is 0. The molecule has 0 saturated heterocycles. The molecular formula is C16H16F2N2O. The second-order valence-electron chi connectivity index (χ2n) is 4.80. The Morgan fingerprint density at radius 1 is 1.14 bits per heavy atom. The number of aryl methyl sites for hydroxylation is 1. The lowest BCUT2D eigenvalue weighted by Crippen LogP contribution is -2.24. The Morgan fingerprint density at radius 2 is 1.90 bits per heavy atom. The number of halogens is 2. The lowest BCUT2D eigenvalue weighted by Gasteiger charge is -2.08. The van der Waals surface area contributed by atoms with Gasteiger partial charge in [-0.2, -0.15) is 0 Å². The monoisotopic (exact) mass is 290 g/mol. The van der Waals surface area contributed by atoms with Gasteiger partial charge in [0.2, 0.25) is 0 Å². The molecule has 2 aromatic rings. The SMILES string of the molecule is Cc1ccc(F)c(C(=O)NCc2ccc(CN)cc2F)c1. The topological polar surface area (TPSA) is 55.1 Å². The molecule has 0 saturated carbocycles. The highest BCUT2D eigenvalue weighted by Gasteiger charge is 2.12. The van der Waals surface area contributed by atoms with Crippen LogP contribution in [0.2, 0.25) is 0 Å². The first-order valence-corrected chi connectivity index (χ1v) is 6.53. The van der Waals surface area contributed by atoms with Crippen molar-refractivity contribution in [2.45, 2.75) is 20.0 Å². The minimum atomic E-state index is -0.600. The highest BCUT2D eigenvalue weighted by Crippen LogP contribution is 2.12. The summed E-state index contributed by atoms with van der Waals surface area (Å²) in [6, 6.07) is 8.85. The molecule has 0 spiro atoms. The lowest BCUT2D eigenvalue weighted by molar-refractivity contribution is 0.0946. The molecule has 0 aliphatic rings. The van der Waals surface area contributed by atoms with Gasteiger partial charge in [-0.25, -0.2) is 8.78 Å². The third-order valence-corrected chi connectivity index (χ3v) is 3.16. The van der Waals surface area contributed by atoms with Crippen molar-refractivity contribution >= 4 is 5.91 Å². The van der Waals surface area contributed by atoms with E-state index in [2.05, 4.69) is 5.32 Å². The molecule has 0 radical (unpaired) electrons. The minimum Gasteiger partial charge on any atom is -0.348 e. The van der Waals surface area contributed by atoms with Gasteiger partial charge < -0.3 is 11.1 Å². The van der Waals surface area contributed by atoms with E-state index in [4.69, 9.17) is 5.73 Å². The van der Waals surface area contributed by atoms with E-state index < -0.39 is 17.5 Å². The number of nitrogens with one attached hydrogen (secondary N) is 1. The van der Waals surface area contributed by atoms with Crippen LogP contribution < -0.4 is 11.1 Å². The van der Waals surface area contributed by atoms with Crippen LogP contribution in [0.5, 0.6) is 0 Å². The normalized spacial score (nSPS) is 10.5. The van der Waals surface area contributed by atoms with E-state index in [0.717, 1.165) is 5.56 Å². The number of hydrogen-bond donors (Lipinski definition) is 2. The van der Waals surface area contributed by atoms with E-state index in [1.54, 1.807) is 25.1 Å². The number of carbonyl (C=O) groups is 1. The van der Waals surface area contributed by atoms with Crippen LogP contribution in [0.15, 0.2) is 36.4 Å². The van der Waals surface area contributed by atoms with Gasteiger partial charge in [-0.1, -0.05) is 23.8 Å². The molecule has 0 unspecified atom stereocenters. The molecule has 3 N–H and O–H groups in total. The summed E-state index contributed by atoms with van der Waals surface area (Å²) in [5.41, 5.74) is 7.15. The molecule has 0 atom stereocenters. The Kier molecular flexibility index (Phi) is 4.65. The summed E-state index contributed by atoms with van der Waals surface area (Å²) >= 11 is 0. The number of nitrogens with two attached hydrogens (primary N) is 1. The molecule has 110 valence electrons. The van der Waals surface area contributed by atoms with E-state index in [1.165, 1.54) is 18.2 Å². The van der Waals surface area contributed by atoms with E-state index in [-0.39, 0.29) is 18.7 Å². The summed E-state index contributed by atoms with van der Waals surface area (Å²) in [5, 5.41) is 2.51. The maximum atomic E-state index is 13.8. The van der Waals surface area contributed by atoms with Gasteiger partial charge in [-0.3, -0.25) is 4.79 Å². The van der Waals surface area contributed by atoms with E-state index in [1.807, 2.05) is 0 Å². The third-order valence-electron chi connectivity index (χ3n) is 3.16. The second-order valence-corrected chi connectivity index (χ2v) is 4.80. The first-order valence-electron chi connectivity index (χ1n) is 6.53. The van der Waals surface area contributed by atoms with Crippen molar-refractivity contribution in [3.05, 3.63) is 70.3 Å². The van der Waals surface area contributed by atoms with Gasteiger partial charge in [-0.15, -0.1) is 0 Å². The van der Waals surface area contributed by atoms with Crippen LogP contribution in [-0.2, 0) is 13.1 Å². The molecule has 0 aliphatic carbocycles. The lowest BCUT2D eigenvalue weighted by atomic mass is 10.1. The molecule has 3 nitrogen and oxygen atoms in total. The molecule has 2 aromatic carbocycles. The Morgan fingerprint density at radius 3 is 2.57 bits per heavy atom. The Labute approximate surface area is 121 Å². The number of rotatable bonds is 4. The van der Waals surface area contributed by atoms with Crippen LogP contribution in [-0.4, -0.2) is 5.91 Å². The summed E-state index contributed by atoms with van der Waals surface area (Å²) in [6.07, 6.45) is 0. The van der Waals surface area contributed by atoms with Crippen LogP contribution >= 0.6 is 0 Å². The maximum absolute atomic E-state index is 13.8. The number of hydrogen-bond acceptors (Lipinski definition) is 2. The predicted molar refractivity (Wildman–Crippen MR) is 76.6 cm³/mol. The van der Waals surface area contributed by atoms with Crippen molar-refractivity contribution in [2.75, 3.05) is 0 Å². The number of amides is 1. The molecule has 1 amide bonds. The fourth-order valence-corrected chi connectivity index (χ4v) is 1.95. The fraction of sp³-hybridized carbons (Fsp3) is 0.188. The molecular weight excluding hydrogens is 274 g/mol. The van der Waals surface area contributed by atoms with Crippen molar-refractivity contribution in [2.24, 2.45) is 5.73 Å². The molecule has 0 bridgehead atoms. The van der Waals surface area contributed by atoms with Gasteiger partial charge in [0.25, 0.3) is 5.91 Å². The largest absolute Gasteiger partial charge is 0.348 e. The maximum Gasteiger partial charge on any atom is 0.254 e. The zero-order chi connectivity index (χ0) is 15.4. The van der Waals surface area contributed by atoms with Crippen LogP contribution in [0.25, 0.3) is 0 Å². The summed E-state index contributed by atoms with van der Waals surface area (Å²) in [5.74, 6) is -1.61. The second kappa shape index (κ2) is 6.45. The van der Waals surface area contributed by atoms with Gasteiger partial charge in [0.05, 0.1) is 5.56 Å². The average Bonchev–Trinajstić information content (AvgIpc) is 2.48. The van der Waals surface area contributed by atoms with Gasteiger partial charge in [0.1, 0.15) is 11.6 Å². The van der Waals surface area contributed by atoms with Gasteiger partial charge >= 0.3 is 0 Å². The van der Waals surface area contributed by atoms with Crippen molar-refractivity contribution < 1.29 is 13.6 Å². The smallest absolute Gasteiger partial charge is 0.254 e. The molecule has 0 aromatic heterocycles. The van der Waals surface area contributed by atoms with Crippen molar-refractivity contribution in [3.63, 3.8) is 0 Å². The Hall–Kier alpha value is -2.27. The Balaban J connectivity index is 2.09. The zero-order valence-electron chi connectivity index (χ0n) is 11.6. The van der Waals surface area contributed by atoms with Gasteiger partial charge in [0, 0.05) is 18.7 Å². The van der Waals surface area contributed by atoms with Crippen LogP contribution in [0.1, 0.15) is 27.0 Å². The van der Waals surface area contributed by atoms with Crippen molar-refractivity contribution in [1.82, 2.24) is 5.32 Å². The van der Waals surface area contributed by atoms with E-state index >= 15 is 0 Å². The number of benzene rings is 2. The molecule has 21 heavy (non-hydrogen) atoms. The summed E-state index contributed by atoms with van der Waals surface area (Å²) < 4.78 is 27.3. The van der Waals surface area contributed by atoms with E-state index in [9.17, 15) is 13.6 Å². The number of carbonyl (C=O) groups excluding carboxylic acids is 1. The molecule has 5 heteroatoms. The van der Waals surface area contributed by atoms with Crippen molar-refractivity contribution in [3.8, 4) is 0 Å². The third kappa shape index (κ3) is 3.64. The average molecular weight is 290 g/mol. The van der Waals surface area contributed by atoms with Crippen molar-refractivity contribution in [1.29, 1.82) is 0 Å². The molecule has 0 heterocycles. The first kappa shape index (κ1) is 15.1. The molecule has 0 fully saturated rings. The van der Waals surface area contributed by atoms with E-state index in [0.29, 0.717) is 11.1 Å². The highest BCUT2D eigenvalue weighted by atomic mass is 19.1. The predicted octanol–water partition coefficient (Wildman–Crippen LogP) is 2.66.